The third-order valence-electron chi connectivity index (χ3n) is 7.23. The summed E-state index contributed by atoms with van der Waals surface area (Å²) in [6, 6.07) is 11.6. The molecule has 9 nitrogen and oxygen atoms in total. The first-order valence-electron chi connectivity index (χ1n) is 12.9. The number of aromatic nitrogens is 4. The lowest BCUT2D eigenvalue weighted by Gasteiger charge is -2.28. The van der Waals surface area contributed by atoms with E-state index in [0.29, 0.717) is 40.7 Å². The fourth-order valence-corrected chi connectivity index (χ4v) is 5.11. The first-order valence-corrected chi connectivity index (χ1v) is 13.3. The van der Waals surface area contributed by atoms with Gasteiger partial charge in [-0.2, -0.15) is 0 Å². The standard InChI is InChI=1S/C28H27ClFN5O4/c29-19-3-1-18(21(30)13-19)16-39-26-6-2-17-7-10-34(11-8-22(17)32-26)15-25-31-23-4-5-24(28(36)37)33-27(23)35(25)14-20-9-12-38-20/h1-6,13,20H,7-12,14-16H2,(H,36,37)/t20-/m0/s1. The third kappa shape index (κ3) is 5.59. The average molecular weight is 552 g/mol. The van der Waals surface area contributed by atoms with Gasteiger partial charge in [0.05, 0.1) is 19.2 Å². The third-order valence-corrected chi connectivity index (χ3v) is 7.47. The Balaban J connectivity index is 1.16. The number of carboxylic acids is 1. The van der Waals surface area contributed by atoms with Gasteiger partial charge >= 0.3 is 5.97 Å². The number of halogens is 2. The number of carbonyl (C=O) groups is 1. The van der Waals surface area contributed by atoms with Crippen LogP contribution in [0.2, 0.25) is 5.02 Å². The van der Waals surface area contributed by atoms with Crippen molar-refractivity contribution in [3.8, 4) is 5.88 Å². The Morgan fingerprint density at radius 3 is 2.74 bits per heavy atom. The summed E-state index contributed by atoms with van der Waals surface area (Å²) in [6.45, 7) is 3.58. The molecule has 202 valence electrons. The van der Waals surface area contributed by atoms with Gasteiger partial charge in [-0.05, 0) is 42.7 Å². The lowest BCUT2D eigenvalue weighted by molar-refractivity contribution is -0.0592. The number of hydrogen-bond donors (Lipinski definition) is 1. The number of aromatic carboxylic acids is 1. The molecule has 2 aliphatic rings. The van der Waals surface area contributed by atoms with Gasteiger partial charge in [0.2, 0.25) is 5.88 Å². The van der Waals surface area contributed by atoms with Crippen LogP contribution < -0.4 is 4.74 Å². The highest BCUT2D eigenvalue weighted by molar-refractivity contribution is 6.30. The topological polar surface area (TPSA) is 103 Å². The number of carboxylic acid groups (broad SMARTS) is 1. The Morgan fingerprint density at radius 1 is 1.13 bits per heavy atom. The van der Waals surface area contributed by atoms with E-state index in [1.807, 2.05) is 16.7 Å². The minimum atomic E-state index is -1.06. The molecule has 1 fully saturated rings. The van der Waals surface area contributed by atoms with Crippen molar-refractivity contribution in [3.63, 3.8) is 0 Å². The molecule has 0 aliphatic carbocycles. The minimum Gasteiger partial charge on any atom is -0.477 e. The van der Waals surface area contributed by atoms with E-state index in [1.165, 1.54) is 12.1 Å². The quantitative estimate of drug-likeness (QED) is 0.346. The van der Waals surface area contributed by atoms with E-state index in [2.05, 4.69) is 9.88 Å². The summed E-state index contributed by atoms with van der Waals surface area (Å²) in [7, 11) is 0. The minimum absolute atomic E-state index is 0.00199. The lowest BCUT2D eigenvalue weighted by atomic mass is 10.1. The molecule has 1 atom stereocenters. The molecular formula is C28H27ClFN5O4. The first-order chi connectivity index (χ1) is 18.9. The van der Waals surface area contributed by atoms with Crippen LogP contribution in [0.25, 0.3) is 11.2 Å². The van der Waals surface area contributed by atoms with E-state index in [4.69, 9.17) is 31.0 Å². The maximum Gasteiger partial charge on any atom is 0.354 e. The summed E-state index contributed by atoms with van der Waals surface area (Å²) in [5.74, 6) is -0.176. The van der Waals surface area contributed by atoms with Crippen molar-refractivity contribution in [2.24, 2.45) is 0 Å². The van der Waals surface area contributed by atoms with Crippen molar-refractivity contribution < 1.29 is 23.8 Å². The van der Waals surface area contributed by atoms with E-state index in [-0.39, 0.29) is 18.4 Å². The largest absolute Gasteiger partial charge is 0.477 e. The van der Waals surface area contributed by atoms with Crippen molar-refractivity contribution in [2.45, 2.75) is 45.1 Å². The molecule has 0 bridgehead atoms. The molecule has 1 N–H and O–H groups in total. The first kappa shape index (κ1) is 25.7. The highest BCUT2D eigenvalue weighted by atomic mass is 35.5. The molecule has 1 saturated heterocycles. The highest BCUT2D eigenvalue weighted by Gasteiger charge is 2.25. The number of hydrogen-bond acceptors (Lipinski definition) is 7. The van der Waals surface area contributed by atoms with Crippen LogP contribution in [0.4, 0.5) is 4.39 Å². The van der Waals surface area contributed by atoms with Crippen LogP contribution in [0, 0.1) is 5.82 Å². The molecule has 0 saturated carbocycles. The number of rotatable bonds is 8. The number of benzene rings is 1. The molecule has 3 aromatic heterocycles. The zero-order chi connectivity index (χ0) is 26.9. The van der Waals surface area contributed by atoms with Crippen LogP contribution in [-0.4, -0.2) is 61.3 Å². The molecule has 0 unspecified atom stereocenters. The van der Waals surface area contributed by atoms with Crippen LogP contribution in [0.1, 0.15) is 39.6 Å². The molecule has 1 aromatic carbocycles. The molecule has 11 heteroatoms. The summed E-state index contributed by atoms with van der Waals surface area (Å²) >= 11 is 5.84. The van der Waals surface area contributed by atoms with Gasteiger partial charge in [0.15, 0.2) is 11.3 Å². The Morgan fingerprint density at radius 2 is 1.97 bits per heavy atom. The van der Waals surface area contributed by atoms with Crippen molar-refractivity contribution >= 4 is 28.7 Å². The summed E-state index contributed by atoms with van der Waals surface area (Å²) < 4.78 is 27.6. The monoisotopic (exact) mass is 551 g/mol. The second-order valence-corrected chi connectivity index (χ2v) is 10.3. The molecular weight excluding hydrogens is 525 g/mol. The predicted octanol–water partition coefficient (Wildman–Crippen LogP) is 4.29. The van der Waals surface area contributed by atoms with E-state index >= 15 is 0 Å². The van der Waals surface area contributed by atoms with Crippen molar-refractivity contribution in [1.82, 2.24) is 24.4 Å². The Kier molecular flexibility index (Phi) is 7.16. The molecule has 0 amide bonds. The molecule has 6 rings (SSSR count). The van der Waals surface area contributed by atoms with E-state index in [1.54, 1.807) is 18.2 Å². The van der Waals surface area contributed by atoms with Crippen molar-refractivity contribution in [1.29, 1.82) is 0 Å². The molecule has 4 aromatic rings. The molecule has 5 heterocycles. The summed E-state index contributed by atoms with van der Waals surface area (Å²) in [5, 5.41) is 9.78. The number of imidazole rings is 1. The maximum absolute atomic E-state index is 14.1. The Labute approximate surface area is 229 Å². The average Bonchev–Trinajstić information content (AvgIpc) is 3.10. The zero-order valence-electron chi connectivity index (χ0n) is 21.1. The second-order valence-electron chi connectivity index (χ2n) is 9.82. The van der Waals surface area contributed by atoms with Gasteiger partial charge in [0, 0.05) is 48.5 Å². The Hall–Kier alpha value is -3.60. The van der Waals surface area contributed by atoms with Gasteiger partial charge in [-0.25, -0.2) is 24.1 Å². The number of pyridine rings is 2. The number of nitrogens with zero attached hydrogens (tertiary/aromatic N) is 5. The van der Waals surface area contributed by atoms with E-state index in [9.17, 15) is 14.3 Å². The van der Waals surface area contributed by atoms with E-state index in [0.717, 1.165) is 56.0 Å². The smallest absolute Gasteiger partial charge is 0.354 e. The van der Waals surface area contributed by atoms with E-state index < -0.39 is 11.8 Å². The second kappa shape index (κ2) is 10.9. The fraction of sp³-hybridized carbons (Fsp3) is 0.357. The maximum atomic E-state index is 14.1. The van der Waals surface area contributed by atoms with Crippen LogP contribution in [0.5, 0.6) is 5.88 Å². The van der Waals surface area contributed by atoms with Crippen LogP contribution in [-0.2, 0) is 37.3 Å². The van der Waals surface area contributed by atoms with Crippen molar-refractivity contribution in [3.05, 3.63) is 81.6 Å². The Bertz CT molecular complexity index is 1540. The van der Waals surface area contributed by atoms with Crippen LogP contribution in [0.15, 0.2) is 42.5 Å². The lowest BCUT2D eigenvalue weighted by Crippen LogP contribution is -2.33. The number of ether oxygens (including phenoxy) is 2. The van der Waals surface area contributed by atoms with Gasteiger partial charge in [-0.15, -0.1) is 0 Å². The summed E-state index contributed by atoms with van der Waals surface area (Å²) in [5.41, 5.74) is 3.79. The molecule has 0 spiro atoms. The predicted molar refractivity (Wildman–Crippen MR) is 142 cm³/mol. The fourth-order valence-electron chi connectivity index (χ4n) is 4.95. The van der Waals surface area contributed by atoms with Gasteiger partial charge in [-0.3, -0.25) is 4.90 Å². The normalized spacial score (nSPS) is 17.4. The van der Waals surface area contributed by atoms with Gasteiger partial charge in [-0.1, -0.05) is 23.7 Å². The SMILES string of the molecule is O=C(O)c1ccc2nc(CN3CCc4ccc(OCc5ccc(Cl)cc5F)nc4CC3)n(C[C@@H]3CCO3)c2n1. The van der Waals surface area contributed by atoms with Crippen LogP contribution >= 0.6 is 11.6 Å². The number of fused-ring (bicyclic) bond motifs is 2. The van der Waals surface area contributed by atoms with Gasteiger partial charge in [0.1, 0.15) is 23.8 Å². The molecule has 2 aliphatic heterocycles. The van der Waals surface area contributed by atoms with Crippen molar-refractivity contribution in [2.75, 3.05) is 19.7 Å². The summed E-state index contributed by atoms with van der Waals surface area (Å²) in [4.78, 5) is 27.7. The van der Waals surface area contributed by atoms with Gasteiger partial charge in [0.25, 0.3) is 0 Å². The van der Waals surface area contributed by atoms with Gasteiger partial charge < -0.3 is 19.1 Å². The molecule has 0 radical (unpaired) electrons. The molecule has 39 heavy (non-hydrogen) atoms. The van der Waals surface area contributed by atoms with Crippen LogP contribution in [0.3, 0.4) is 0 Å². The highest BCUT2D eigenvalue weighted by Crippen LogP contribution is 2.24. The zero-order valence-corrected chi connectivity index (χ0v) is 21.9. The summed E-state index contributed by atoms with van der Waals surface area (Å²) in [6.07, 6.45) is 2.59.